The highest BCUT2D eigenvalue weighted by Crippen LogP contribution is 2.23. The maximum absolute atomic E-state index is 12.6. The lowest BCUT2D eigenvalue weighted by molar-refractivity contribution is 0.592. The third-order valence-corrected chi connectivity index (χ3v) is 4.83. The van der Waals surface area contributed by atoms with E-state index in [0.717, 1.165) is 5.56 Å². The van der Waals surface area contributed by atoms with Gasteiger partial charge in [-0.15, -0.1) is 0 Å². The molecule has 0 bridgehead atoms. The van der Waals surface area contributed by atoms with E-state index in [9.17, 15) is 8.42 Å². The summed E-state index contributed by atoms with van der Waals surface area (Å²) in [6, 6.07) is 16.0. The molecule has 19 heavy (non-hydrogen) atoms. The largest absolute Gasteiger partial charge is 0.267 e. The number of aryl methyl sites for hydroxylation is 1. The molecule has 2 aromatic carbocycles. The van der Waals surface area contributed by atoms with E-state index >= 15 is 0 Å². The van der Waals surface area contributed by atoms with Crippen molar-refractivity contribution in [2.24, 2.45) is 0 Å². The minimum Gasteiger partial charge on any atom is -0.267 e. The highest BCUT2D eigenvalue weighted by molar-refractivity contribution is 7.92. The van der Waals surface area contributed by atoms with Gasteiger partial charge in [-0.3, -0.25) is 4.31 Å². The van der Waals surface area contributed by atoms with Gasteiger partial charge in [0.1, 0.15) is 0 Å². The standard InChI is InChI=1S/C15H17NO2S/c1-3-16(14-9-7-8-13(2)12-14)19(17,18)15-10-5-4-6-11-15/h4-12H,3H2,1-2H3. The molecule has 100 valence electrons. The lowest BCUT2D eigenvalue weighted by atomic mass is 10.2. The van der Waals surface area contributed by atoms with Gasteiger partial charge in [-0.25, -0.2) is 8.42 Å². The minimum atomic E-state index is -3.49. The number of hydrogen-bond acceptors (Lipinski definition) is 2. The van der Waals surface area contributed by atoms with E-state index in [1.165, 1.54) is 4.31 Å². The molecule has 0 spiro atoms. The van der Waals surface area contributed by atoms with E-state index in [0.29, 0.717) is 17.1 Å². The summed E-state index contributed by atoms with van der Waals surface area (Å²) in [5.41, 5.74) is 1.74. The first-order valence-corrected chi connectivity index (χ1v) is 7.64. The molecule has 0 radical (unpaired) electrons. The van der Waals surface area contributed by atoms with Gasteiger partial charge in [0.15, 0.2) is 0 Å². The van der Waals surface area contributed by atoms with E-state index in [-0.39, 0.29) is 0 Å². The average Bonchev–Trinajstić information content (AvgIpc) is 2.40. The van der Waals surface area contributed by atoms with Crippen LogP contribution in [0.15, 0.2) is 59.5 Å². The van der Waals surface area contributed by atoms with Crippen LogP contribution in [0.25, 0.3) is 0 Å². The lowest BCUT2D eigenvalue weighted by Gasteiger charge is -2.23. The van der Waals surface area contributed by atoms with Crippen molar-refractivity contribution >= 4 is 15.7 Å². The second-order valence-corrected chi connectivity index (χ2v) is 6.18. The smallest absolute Gasteiger partial charge is 0.264 e. The third kappa shape index (κ3) is 2.79. The Labute approximate surface area is 114 Å². The second kappa shape index (κ2) is 5.45. The fourth-order valence-corrected chi connectivity index (χ4v) is 3.48. The van der Waals surface area contributed by atoms with Gasteiger partial charge in [-0.1, -0.05) is 30.3 Å². The molecule has 3 nitrogen and oxygen atoms in total. The summed E-state index contributed by atoms with van der Waals surface area (Å²) < 4.78 is 26.6. The molecule has 0 aliphatic rings. The van der Waals surface area contributed by atoms with E-state index in [2.05, 4.69) is 0 Å². The molecule has 0 aliphatic carbocycles. The maximum Gasteiger partial charge on any atom is 0.264 e. The number of anilines is 1. The van der Waals surface area contributed by atoms with E-state index in [1.54, 1.807) is 24.3 Å². The molecule has 0 fully saturated rings. The Bertz CT molecular complexity index is 651. The molecule has 0 N–H and O–H groups in total. The van der Waals surface area contributed by atoms with Crippen LogP contribution in [0.4, 0.5) is 5.69 Å². The topological polar surface area (TPSA) is 37.4 Å². The van der Waals surface area contributed by atoms with Crippen molar-refractivity contribution in [2.45, 2.75) is 18.7 Å². The van der Waals surface area contributed by atoms with E-state index in [1.807, 2.05) is 44.2 Å². The molecule has 0 aromatic heterocycles. The fraction of sp³-hybridized carbons (Fsp3) is 0.200. The first kappa shape index (κ1) is 13.6. The van der Waals surface area contributed by atoms with Crippen molar-refractivity contribution in [3.05, 3.63) is 60.2 Å². The Morgan fingerprint density at radius 1 is 1.00 bits per heavy atom. The van der Waals surface area contributed by atoms with Gasteiger partial charge in [0.25, 0.3) is 10.0 Å². The molecule has 0 saturated heterocycles. The summed E-state index contributed by atoms with van der Waals surface area (Å²) in [6.07, 6.45) is 0. The van der Waals surface area contributed by atoms with Gasteiger partial charge in [-0.05, 0) is 43.7 Å². The molecule has 2 rings (SSSR count). The summed E-state index contributed by atoms with van der Waals surface area (Å²) in [6.45, 7) is 4.19. The Kier molecular flexibility index (Phi) is 3.90. The summed E-state index contributed by atoms with van der Waals surface area (Å²) in [5, 5.41) is 0. The molecule has 0 saturated carbocycles. The van der Waals surface area contributed by atoms with Gasteiger partial charge in [0.2, 0.25) is 0 Å². The van der Waals surface area contributed by atoms with Crippen molar-refractivity contribution < 1.29 is 8.42 Å². The Morgan fingerprint density at radius 3 is 2.26 bits per heavy atom. The second-order valence-electron chi connectivity index (χ2n) is 4.32. The van der Waals surface area contributed by atoms with Gasteiger partial charge >= 0.3 is 0 Å². The first-order valence-electron chi connectivity index (χ1n) is 6.20. The maximum atomic E-state index is 12.6. The van der Waals surface area contributed by atoms with Crippen molar-refractivity contribution in [1.82, 2.24) is 0 Å². The minimum absolute atomic E-state index is 0.318. The van der Waals surface area contributed by atoms with Gasteiger partial charge in [0, 0.05) is 6.54 Å². The highest BCUT2D eigenvalue weighted by Gasteiger charge is 2.22. The summed E-state index contributed by atoms with van der Waals surface area (Å²) in [7, 11) is -3.49. The number of sulfonamides is 1. The molecular weight excluding hydrogens is 258 g/mol. The Hall–Kier alpha value is -1.81. The fourth-order valence-electron chi connectivity index (χ4n) is 1.99. The van der Waals surface area contributed by atoms with Crippen molar-refractivity contribution in [3.8, 4) is 0 Å². The third-order valence-electron chi connectivity index (χ3n) is 2.91. The van der Waals surface area contributed by atoms with Gasteiger partial charge in [0.05, 0.1) is 10.6 Å². The zero-order chi connectivity index (χ0) is 13.9. The van der Waals surface area contributed by atoms with Crippen LogP contribution in [-0.2, 0) is 10.0 Å². The highest BCUT2D eigenvalue weighted by atomic mass is 32.2. The number of rotatable bonds is 4. The van der Waals surface area contributed by atoms with E-state index in [4.69, 9.17) is 0 Å². The Balaban J connectivity index is 2.48. The molecule has 0 amide bonds. The number of hydrogen-bond donors (Lipinski definition) is 0. The lowest BCUT2D eigenvalue weighted by Crippen LogP contribution is -2.30. The summed E-state index contributed by atoms with van der Waals surface area (Å²) >= 11 is 0. The van der Waals surface area contributed by atoms with Crippen LogP contribution in [0.2, 0.25) is 0 Å². The number of benzene rings is 2. The summed E-state index contributed by atoms with van der Waals surface area (Å²) in [4.78, 5) is 0.318. The van der Waals surface area contributed by atoms with Crippen LogP contribution in [0.5, 0.6) is 0 Å². The molecule has 0 heterocycles. The SMILES string of the molecule is CCN(c1cccc(C)c1)S(=O)(=O)c1ccccc1. The van der Waals surface area contributed by atoms with Crippen LogP contribution < -0.4 is 4.31 Å². The van der Waals surface area contributed by atoms with Crippen LogP contribution in [-0.4, -0.2) is 15.0 Å². The normalized spacial score (nSPS) is 11.3. The Morgan fingerprint density at radius 2 is 1.68 bits per heavy atom. The molecule has 0 aliphatic heterocycles. The predicted molar refractivity (Wildman–Crippen MR) is 77.8 cm³/mol. The molecule has 0 unspecified atom stereocenters. The predicted octanol–water partition coefficient (Wildman–Crippen LogP) is 3.21. The first-order chi connectivity index (χ1) is 9.05. The molecular formula is C15H17NO2S. The van der Waals surface area contributed by atoms with Crippen LogP contribution in [0, 0.1) is 6.92 Å². The zero-order valence-corrected chi connectivity index (χ0v) is 11.9. The van der Waals surface area contributed by atoms with Crippen LogP contribution >= 0.6 is 0 Å². The van der Waals surface area contributed by atoms with Crippen molar-refractivity contribution in [3.63, 3.8) is 0 Å². The quantitative estimate of drug-likeness (QED) is 0.859. The van der Waals surface area contributed by atoms with Gasteiger partial charge in [-0.2, -0.15) is 0 Å². The van der Waals surface area contributed by atoms with Crippen molar-refractivity contribution in [1.29, 1.82) is 0 Å². The van der Waals surface area contributed by atoms with Crippen molar-refractivity contribution in [2.75, 3.05) is 10.8 Å². The van der Waals surface area contributed by atoms with Crippen LogP contribution in [0.1, 0.15) is 12.5 Å². The van der Waals surface area contributed by atoms with E-state index < -0.39 is 10.0 Å². The monoisotopic (exact) mass is 275 g/mol. The zero-order valence-electron chi connectivity index (χ0n) is 11.1. The molecule has 2 aromatic rings. The summed E-state index contributed by atoms with van der Waals surface area (Å²) in [5.74, 6) is 0. The molecule has 0 atom stereocenters. The average molecular weight is 275 g/mol. The molecule has 4 heteroatoms. The number of nitrogens with zero attached hydrogens (tertiary/aromatic N) is 1. The van der Waals surface area contributed by atoms with Crippen LogP contribution in [0.3, 0.4) is 0 Å². The van der Waals surface area contributed by atoms with Gasteiger partial charge < -0.3 is 0 Å².